The van der Waals surface area contributed by atoms with Crippen molar-refractivity contribution in [3.63, 3.8) is 0 Å². The number of ketones is 1. The summed E-state index contributed by atoms with van der Waals surface area (Å²) in [6, 6.07) is 0. The van der Waals surface area contributed by atoms with Gasteiger partial charge >= 0.3 is 0 Å². The van der Waals surface area contributed by atoms with E-state index in [1.165, 1.54) is 6.92 Å². The van der Waals surface area contributed by atoms with Crippen LogP contribution < -0.4 is 0 Å². The van der Waals surface area contributed by atoms with Crippen LogP contribution in [0.1, 0.15) is 34.1 Å². The number of hydrogen-bond acceptors (Lipinski definition) is 2. The zero-order valence-corrected chi connectivity index (χ0v) is 11.6. The highest BCUT2D eigenvalue weighted by atomic mass is 16.3. The molecule has 0 radical (unpaired) electrons. The Balaban J connectivity index is -0.000000439. The van der Waals surface area contributed by atoms with Crippen molar-refractivity contribution in [2.75, 3.05) is 0 Å². The Labute approximate surface area is 106 Å². The van der Waals surface area contributed by atoms with Gasteiger partial charge in [-0.3, -0.25) is 4.79 Å². The third-order valence-corrected chi connectivity index (χ3v) is 1.66. The van der Waals surface area contributed by atoms with Crippen molar-refractivity contribution in [2.45, 2.75) is 40.2 Å². The first-order valence-electron chi connectivity index (χ1n) is 5.74. The Morgan fingerprint density at radius 1 is 1.35 bits per heavy atom. The average Bonchev–Trinajstić information content (AvgIpc) is 2.38. The zero-order valence-electron chi connectivity index (χ0n) is 11.6. The van der Waals surface area contributed by atoms with Crippen molar-refractivity contribution in [1.82, 2.24) is 0 Å². The summed E-state index contributed by atoms with van der Waals surface area (Å²) < 4.78 is 0. The largest absolute Gasteiger partial charge is 0.385 e. The molecule has 1 N–H and O–H groups in total. The number of aliphatic hydroxyl groups is 1. The van der Waals surface area contributed by atoms with E-state index < -0.39 is 6.10 Å². The van der Waals surface area contributed by atoms with E-state index in [0.717, 1.165) is 5.57 Å². The summed E-state index contributed by atoms with van der Waals surface area (Å²) in [7, 11) is 0. The molecule has 2 heteroatoms. The van der Waals surface area contributed by atoms with E-state index in [1.54, 1.807) is 6.08 Å². The summed E-state index contributed by atoms with van der Waals surface area (Å²) in [6.07, 6.45) is 6.64. The molecule has 0 aliphatic rings. The van der Waals surface area contributed by atoms with Gasteiger partial charge in [-0.1, -0.05) is 44.7 Å². The van der Waals surface area contributed by atoms with E-state index in [0.29, 0.717) is 6.42 Å². The fourth-order valence-electron chi connectivity index (χ4n) is 0.806. The lowest BCUT2D eigenvalue weighted by atomic mass is 10.1. The fourth-order valence-corrected chi connectivity index (χ4v) is 0.806. The Kier molecular flexibility index (Phi) is 20.9. The maximum absolute atomic E-state index is 10.7. The monoisotopic (exact) mass is 238 g/mol. The molecule has 0 spiro atoms. The fraction of sp³-hybridized carbons (Fsp3) is 0.400. The van der Waals surface area contributed by atoms with Gasteiger partial charge in [0.2, 0.25) is 0 Å². The van der Waals surface area contributed by atoms with Gasteiger partial charge in [0.1, 0.15) is 6.10 Å². The number of Topliss-reactive ketones (excluding diaryl/α,β-unsaturated/α-hetero) is 1. The van der Waals surface area contributed by atoms with Gasteiger partial charge in [0.25, 0.3) is 0 Å². The van der Waals surface area contributed by atoms with Crippen LogP contribution in [0.2, 0.25) is 0 Å². The number of carbonyl (C=O) groups excluding carboxylic acids is 1. The molecule has 98 valence electrons. The Morgan fingerprint density at radius 3 is 2.12 bits per heavy atom. The molecule has 0 saturated heterocycles. The normalized spacial score (nSPS) is 11.7. The molecular weight excluding hydrogens is 212 g/mol. The highest BCUT2D eigenvalue weighted by molar-refractivity contribution is 5.80. The predicted molar refractivity (Wildman–Crippen MR) is 77.0 cm³/mol. The molecule has 1 unspecified atom stereocenters. The van der Waals surface area contributed by atoms with Crippen molar-refractivity contribution in [3.8, 4) is 0 Å². The average molecular weight is 238 g/mol. The lowest BCUT2D eigenvalue weighted by Gasteiger charge is -2.06. The van der Waals surface area contributed by atoms with E-state index in [1.807, 2.05) is 39.0 Å². The molecule has 2 nitrogen and oxygen atoms in total. The maximum atomic E-state index is 10.7. The van der Waals surface area contributed by atoms with E-state index in [4.69, 9.17) is 0 Å². The summed E-state index contributed by atoms with van der Waals surface area (Å²) in [4.78, 5) is 10.7. The van der Waals surface area contributed by atoms with Crippen molar-refractivity contribution in [2.24, 2.45) is 0 Å². The van der Waals surface area contributed by atoms with Crippen LogP contribution in [0.5, 0.6) is 0 Å². The Morgan fingerprint density at radius 2 is 1.82 bits per heavy atom. The van der Waals surface area contributed by atoms with Crippen LogP contribution in [-0.4, -0.2) is 17.0 Å². The maximum Gasteiger partial charge on any atom is 0.158 e. The van der Waals surface area contributed by atoms with Gasteiger partial charge < -0.3 is 5.11 Å². The highest BCUT2D eigenvalue weighted by Crippen LogP contribution is 2.07. The van der Waals surface area contributed by atoms with E-state index in [9.17, 15) is 9.90 Å². The Hall–Kier alpha value is -1.41. The number of rotatable bonds is 5. The standard InChI is InChI=1S/C11H16O2.C2H6.C2H4/c1-4-6-7-10(5-2)8-11(13)9(3)12;2*1-2/h4-7,11,13H,2,8H2,1,3H3;1-2H3;1-2H2/b6-4-,10-7+;;. The molecule has 0 aromatic carbocycles. The predicted octanol–water partition coefficient (Wildman–Crippen LogP) is 3.84. The van der Waals surface area contributed by atoms with Crippen molar-refractivity contribution >= 4 is 5.78 Å². The van der Waals surface area contributed by atoms with Crippen LogP contribution in [0, 0.1) is 0 Å². The summed E-state index contributed by atoms with van der Waals surface area (Å²) in [6.45, 7) is 16.9. The van der Waals surface area contributed by atoms with Crippen LogP contribution in [0.15, 0.2) is 49.6 Å². The molecule has 1 atom stereocenters. The topological polar surface area (TPSA) is 37.3 Å². The number of allylic oxidation sites excluding steroid dienone is 4. The molecule has 0 rings (SSSR count). The molecule has 0 aromatic rings. The molecule has 0 heterocycles. The second-order valence-corrected chi connectivity index (χ2v) is 2.80. The van der Waals surface area contributed by atoms with Crippen molar-refractivity contribution < 1.29 is 9.90 Å². The highest BCUT2D eigenvalue weighted by Gasteiger charge is 2.09. The van der Waals surface area contributed by atoms with Crippen molar-refractivity contribution in [3.05, 3.63) is 49.6 Å². The van der Waals surface area contributed by atoms with Crippen LogP contribution in [0.25, 0.3) is 0 Å². The second-order valence-electron chi connectivity index (χ2n) is 2.80. The van der Waals surface area contributed by atoms with Gasteiger partial charge in [0.15, 0.2) is 5.78 Å². The first-order valence-corrected chi connectivity index (χ1v) is 5.74. The number of hydrogen-bond donors (Lipinski definition) is 1. The van der Waals surface area contributed by atoms with Gasteiger partial charge in [-0.2, -0.15) is 0 Å². The lowest BCUT2D eigenvalue weighted by molar-refractivity contribution is -0.124. The SMILES string of the molecule is C=C.C=C/C(=C\C=C/C)CC(O)C(C)=O.CC. The number of carbonyl (C=O) groups is 1. The summed E-state index contributed by atoms with van der Waals surface area (Å²) in [5.41, 5.74) is 0.862. The van der Waals surface area contributed by atoms with Crippen LogP contribution in [-0.2, 0) is 4.79 Å². The molecule has 0 aliphatic heterocycles. The van der Waals surface area contributed by atoms with Gasteiger partial charge in [0, 0.05) is 6.42 Å². The zero-order chi connectivity index (χ0) is 14.3. The minimum atomic E-state index is -0.908. The Bertz CT molecular complexity index is 250. The second kappa shape index (κ2) is 17.0. The molecule has 0 saturated carbocycles. The quantitative estimate of drug-likeness (QED) is 0.583. The first-order chi connectivity index (χ1) is 8.11. The van der Waals surface area contributed by atoms with Crippen molar-refractivity contribution in [1.29, 1.82) is 0 Å². The lowest BCUT2D eigenvalue weighted by Crippen LogP contribution is -2.16. The van der Waals surface area contributed by atoms with Gasteiger partial charge in [-0.05, 0) is 19.4 Å². The molecule has 0 amide bonds. The van der Waals surface area contributed by atoms with Crippen LogP contribution in [0.3, 0.4) is 0 Å². The molecule has 0 aromatic heterocycles. The summed E-state index contributed by atoms with van der Waals surface area (Å²) >= 11 is 0. The minimum Gasteiger partial charge on any atom is -0.385 e. The third kappa shape index (κ3) is 14.6. The van der Waals surface area contributed by atoms with E-state index >= 15 is 0 Å². The molecule has 0 fully saturated rings. The van der Waals surface area contributed by atoms with Gasteiger partial charge in [0.05, 0.1) is 0 Å². The molecular formula is C15H26O2. The summed E-state index contributed by atoms with van der Waals surface area (Å²) in [5, 5.41) is 9.27. The van der Waals surface area contributed by atoms with Gasteiger partial charge in [-0.25, -0.2) is 0 Å². The van der Waals surface area contributed by atoms with Gasteiger partial charge in [-0.15, -0.1) is 13.2 Å². The van der Waals surface area contributed by atoms with E-state index in [-0.39, 0.29) is 5.78 Å². The summed E-state index contributed by atoms with van der Waals surface area (Å²) in [5.74, 6) is -0.215. The van der Waals surface area contributed by atoms with Crippen LogP contribution in [0.4, 0.5) is 0 Å². The molecule has 0 bridgehead atoms. The smallest absolute Gasteiger partial charge is 0.158 e. The number of aliphatic hydroxyl groups excluding tert-OH is 1. The molecule has 0 aliphatic carbocycles. The first kappa shape index (κ1) is 20.9. The van der Waals surface area contributed by atoms with Crippen LogP contribution >= 0.6 is 0 Å². The van der Waals surface area contributed by atoms with E-state index in [2.05, 4.69) is 19.7 Å². The third-order valence-electron chi connectivity index (χ3n) is 1.66. The minimum absolute atomic E-state index is 0.215. The molecule has 17 heavy (non-hydrogen) atoms.